The molecule has 0 aliphatic carbocycles. The molecule has 2 amide bonds. The van der Waals surface area contributed by atoms with E-state index in [1.165, 1.54) is 56.1 Å². The second-order valence-corrected chi connectivity index (χ2v) is 11.5. The van der Waals surface area contributed by atoms with Gasteiger partial charge in [0.25, 0.3) is 11.8 Å². The maximum Gasteiger partial charge on any atom is 0.265 e. The number of halogens is 1. The van der Waals surface area contributed by atoms with Crippen molar-refractivity contribution in [2.24, 2.45) is 0 Å². The molecule has 0 radical (unpaired) electrons. The number of thioether (sulfide) groups is 1. The van der Waals surface area contributed by atoms with E-state index in [4.69, 9.17) is 0 Å². The summed E-state index contributed by atoms with van der Waals surface area (Å²) < 4.78 is 13.4. The van der Waals surface area contributed by atoms with Gasteiger partial charge in [-0.05, 0) is 85.8 Å². The quantitative estimate of drug-likeness (QED) is 0.230. The van der Waals surface area contributed by atoms with Crippen LogP contribution in [0.5, 0.6) is 0 Å². The molecule has 0 bridgehead atoms. The fraction of sp³-hybridized carbons (Fsp3) is 0.333. The molecule has 40 heavy (non-hydrogen) atoms. The number of nitrogens with zero attached hydrogens (tertiary/aromatic N) is 2. The molecule has 7 heteroatoms. The van der Waals surface area contributed by atoms with E-state index in [0.717, 1.165) is 34.7 Å². The first-order valence-electron chi connectivity index (χ1n) is 14.2. The predicted octanol–water partition coefficient (Wildman–Crippen LogP) is 6.89. The molecule has 1 N–H and O–H groups in total. The van der Waals surface area contributed by atoms with Gasteiger partial charge in [0.05, 0.1) is 17.1 Å². The summed E-state index contributed by atoms with van der Waals surface area (Å²) >= 11 is 1.44. The Balaban J connectivity index is 1.21. The van der Waals surface area contributed by atoms with Gasteiger partial charge in [-0.1, -0.05) is 61.5 Å². The molecule has 5 rings (SSSR count). The Labute approximate surface area is 240 Å². The van der Waals surface area contributed by atoms with E-state index in [1.807, 2.05) is 54.6 Å². The highest BCUT2D eigenvalue weighted by Crippen LogP contribution is 2.42. The molecule has 2 heterocycles. The van der Waals surface area contributed by atoms with Gasteiger partial charge >= 0.3 is 0 Å². The zero-order chi connectivity index (χ0) is 27.9. The number of nitrogens with one attached hydrogen (secondary N) is 1. The Hall–Kier alpha value is -3.42. The molecular weight excluding hydrogens is 521 g/mol. The zero-order valence-electron chi connectivity index (χ0n) is 22.9. The maximum atomic E-state index is 13.5. The van der Waals surface area contributed by atoms with Gasteiger partial charge < -0.3 is 15.1 Å². The third-order valence-corrected chi connectivity index (χ3v) is 8.76. The highest BCUT2D eigenvalue weighted by atomic mass is 32.2. The standard InChI is InChI=1S/C33H36FN3O2S/c1-2-28-8-5-6-20-36(28)21-7-19-35-32(38)26-15-11-24(12-16-26)22-31-33(39)37(23-25-13-17-27(34)18-14-25)29-9-3-4-10-30(29)40-31/h3-4,9-18,22,28H,2,5-8,19-21,23H2,1H3,(H,35,38)/b31-22-/t28-/m1/s1. The molecule has 0 unspecified atom stereocenters. The molecule has 3 aromatic carbocycles. The number of carbonyl (C=O) groups is 2. The van der Waals surface area contributed by atoms with Gasteiger partial charge in [0.15, 0.2) is 0 Å². The van der Waals surface area contributed by atoms with Crippen LogP contribution in [0.15, 0.2) is 82.6 Å². The summed E-state index contributed by atoms with van der Waals surface area (Å²) in [6.45, 7) is 5.46. The Kier molecular flexibility index (Phi) is 9.34. The summed E-state index contributed by atoms with van der Waals surface area (Å²) in [4.78, 5) is 32.1. The summed E-state index contributed by atoms with van der Waals surface area (Å²) in [6, 6.07) is 22.1. The summed E-state index contributed by atoms with van der Waals surface area (Å²) in [6.07, 6.45) is 7.89. The molecule has 2 aliphatic rings. The van der Waals surface area contributed by atoms with Gasteiger partial charge in [0.2, 0.25) is 0 Å². The smallest absolute Gasteiger partial charge is 0.265 e. The Bertz CT molecular complexity index is 1360. The summed E-state index contributed by atoms with van der Waals surface area (Å²) in [5, 5.41) is 3.05. The number of piperidine rings is 1. The number of rotatable bonds is 9. The molecule has 208 valence electrons. The predicted molar refractivity (Wildman–Crippen MR) is 161 cm³/mol. The van der Waals surface area contributed by atoms with E-state index < -0.39 is 0 Å². The lowest BCUT2D eigenvalue weighted by Crippen LogP contribution is -2.40. The molecule has 1 saturated heterocycles. The molecule has 1 fully saturated rings. The average Bonchev–Trinajstić information content (AvgIpc) is 2.99. The van der Waals surface area contributed by atoms with E-state index in [9.17, 15) is 14.0 Å². The number of fused-ring (bicyclic) bond motifs is 1. The van der Waals surface area contributed by atoms with Gasteiger partial charge in [0, 0.05) is 29.6 Å². The monoisotopic (exact) mass is 557 g/mol. The van der Waals surface area contributed by atoms with Crippen LogP contribution in [-0.2, 0) is 11.3 Å². The van der Waals surface area contributed by atoms with Crippen molar-refractivity contribution in [1.29, 1.82) is 0 Å². The zero-order valence-corrected chi connectivity index (χ0v) is 23.8. The van der Waals surface area contributed by atoms with Gasteiger partial charge in [-0.3, -0.25) is 9.59 Å². The van der Waals surface area contributed by atoms with E-state index in [2.05, 4.69) is 17.1 Å². The Morgan fingerprint density at radius 1 is 1.05 bits per heavy atom. The first kappa shape index (κ1) is 28.1. The van der Waals surface area contributed by atoms with Crippen LogP contribution in [0.25, 0.3) is 6.08 Å². The van der Waals surface area contributed by atoms with Gasteiger partial charge in [-0.2, -0.15) is 0 Å². The molecule has 0 spiro atoms. The van der Waals surface area contributed by atoms with Crippen molar-refractivity contribution >= 4 is 35.3 Å². The van der Waals surface area contributed by atoms with Crippen LogP contribution < -0.4 is 10.2 Å². The minimum Gasteiger partial charge on any atom is -0.352 e. The number of anilines is 1. The number of para-hydroxylation sites is 1. The molecule has 5 nitrogen and oxygen atoms in total. The van der Waals surface area contributed by atoms with E-state index in [-0.39, 0.29) is 17.6 Å². The van der Waals surface area contributed by atoms with Gasteiger partial charge in [-0.25, -0.2) is 4.39 Å². The summed E-state index contributed by atoms with van der Waals surface area (Å²) in [5.74, 6) is -0.480. The van der Waals surface area contributed by atoms with Crippen molar-refractivity contribution in [1.82, 2.24) is 10.2 Å². The van der Waals surface area contributed by atoms with Crippen LogP contribution in [0, 0.1) is 5.82 Å². The highest BCUT2D eigenvalue weighted by Gasteiger charge is 2.29. The molecule has 2 aliphatic heterocycles. The number of amides is 2. The van der Waals surface area contributed by atoms with Crippen molar-refractivity contribution in [3.8, 4) is 0 Å². The average molecular weight is 558 g/mol. The summed E-state index contributed by atoms with van der Waals surface area (Å²) in [5.41, 5.74) is 3.16. The molecule has 3 aromatic rings. The fourth-order valence-electron chi connectivity index (χ4n) is 5.48. The first-order valence-corrected chi connectivity index (χ1v) is 15.0. The highest BCUT2D eigenvalue weighted by molar-refractivity contribution is 8.04. The summed E-state index contributed by atoms with van der Waals surface area (Å²) in [7, 11) is 0. The van der Waals surface area contributed by atoms with Gasteiger partial charge in [0.1, 0.15) is 5.82 Å². The van der Waals surface area contributed by atoms with Crippen LogP contribution in [0.4, 0.5) is 10.1 Å². The van der Waals surface area contributed by atoms with E-state index in [0.29, 0.717) is 29.6 Å². The molecule has 1 atom stereocenters. The van der Waals surface area contributed by atoms with Crippen molar-refractivity contribution in [3.05, 3.63) is 100 Å². The number of hydrogen-bond donors (Lipinski definition) is 1. The van der Waals surface area contributed by atoms with Crippen molar-refractivity contribution in [3.63, 3.8) is 0 Å². The van der Waals surface area contributed by atoms with Crippen molar-refractivity contribution in [2.75, 3.05) is 24.5 Å². The molecular formula is C33H36FN3O2S. The van der Waals surface area contributed by atoms with Crippen molar-refractivity contribution in [2.45, 2.75) is 56.5 Å². The normalized spacial score (nSPS) is 18.6. The number of benzene rings is 3. The SMILES string of the molecule is CC[C@@H]1CCCCN1CCCNC(=O)c1ccc(/C=C2\Sc3ccccc3N(Cc3ccc(F)cc3)C2=O)cc1. The number of carbonyl (C=O) groups excluding carboxylic acids is 2. The second-order valence-electron chi connectivity index (χ2n) is 10.4. The maximum absolute atomic E-state index is 13.5. The van der Waals surface area contributed by atoms with Crippen LogP contribution >= 0.6 is 11.8 Å². The first-order chi connectivity index (χ1) is 19.5. The third-order valence-electron chi connectivity index (χ3n) is 7.68. The van der Waals surface area contributed by atoms with Crippen LogP contribution in [0.2, 0.25) is 0 Å². The van der Waals surface area contributed by atoms with Crippen LogP contribution in [0.1, 0.15) is 60.5 Å². The Morgan fingerprint density at radius 3 is 2.60 bits per heavy atom. The van der Waals surface area contributed by atoms with E-state index >= 15 is 0 Å². The lowest BCUT2D eigenvalue weighted by molar-refractivity contribution is -0.114. The fourth-order valence-corrected chi connectivity index (χ4v) is 6.54. The number of hydrogen-bond acceptors (Lipinski definition) is 4. The topological polar surface area (TPSA) is 52.7 Å². The largest absolute Gasteiger partial charge is 0.352 e. The number of likely N-dealkylation sites (tertiary alicyclic amines) is 1. The van der Waals surface area contributed by atoms with Crippen LogP contribution in [-0.4, -0.2) is 42.4 Å². The minimum absolute atomic E-state index is 0.0765. The molecule has 0 saturated carbocycles. The minimum atomic E-state index is -0.301. The van der Waals surface area contributed by atoms with Crippen LogP contribution in [0.3, 0.4) is 0 Å². The van der Waals surface area contributed by atoms with Crippen molar-refractivity contribution < 1.29 is 14.0 Å². The lowest BCUT2D eigenvalue weighted by atomic mass is 10.00. The van der Waals surface area contributed by atoms with Gasteiger partial charge in [-0.15, -0.1) is 0 Å². The molecule has 0 aromatic heterocycles. The Morgan fingerprint density at radius 2 is 1.82 bits per heavy atom. The van der Waals surface area contributed by atoms with E-state index in [1.54, 1.807) is 17.0 Å². The second kappa shape index (κ2) is 13.3. The lowest BCUT2D eigenvalue weighted by Gasteiger charge is -2.35. The third kappa shape index (κ3) is 6.83.